The first kappa shape index (κ1) is 20.5. The van der Waals surface area contributed by atoms with Gasteiger partial charge in [-0.25, -0.2) is 4.79 Å². The molecule has 0 amide bonds. The Kier molecular flexibility index (Phi) is 6.94. The lowest BCUT2D eigenvalue weighted by Crippen LogP contribution is -2.23. The molecule has 2 N–H and O–H groups in total. The number of rotatable bonds is 5. The minimum Gasteiger partial charge on any atom is -0.423 e. The number of halogens is 1. The predicted octanol–water partition coefficient (Wildman–Crippen LogP) is 5.19. The number of hydrazone groups is 1. The van der Waals surface area contributed by atoms with E-state index in [0.717, 1.165) is 16.8 Å². The number of benzene rings is 3. The van der Waals surface area contributed by atoms with Gasteiger partial charge < -0.3 is 10.1 Å². The third-order valence-corrected chi connectivity index (χ3v) is 4.35. The first-order valence-electron chi connectivity index (χ1n) is 8.75. The van der Waals surface area contributed by atoms with E-state index in [2.05, 4.69) is 15.8 Å². The lowest BCUT2D eigenvalue weighted by molar-refractivity contribution is 0.0734. The molecule has 0 spiro atoms. The van der Waals surface area contributed by atoms with E-state index in [9.17, 15) is 4.79 Å². The van der Waals surface area contributed by atoms with Gasteiger partial charge in [0.2, 0.25) is 0 Å². The number of ether oxygens (including phenoxy) is 1. The van der Waals surface area contributed by atoms with Crippen LogP contribution in [-0.2, 0) is 0 Å². The number of carbonyl (C=O) groups is 1. The molecule has 3 aromatic rings. The van der Waals surface area contributed by atoms with Crippen LogP contribution in [0, 0.1) is 6.92 Å². The summed E-state index contributed by atoms with van der Waals surface area (Å²) >= 11 is 11.1. The second-order valence-corrected chi connectivity index (χ2v) is 6.95. The van der Waals surface area contributed by atoms with Crippen LogP contribution in [-0.4, -0.2) is 17.3 Å². The number of aryl methyl sites for hydroxylation is 1. The topological polar surface area (TPSA) is 62.7 Å². The summed E-state index contributed by atoms with van der Waals surface area (Å²) in [6, 6.07) is 21.5. The van der Waals surface area contributed by atoms with Crippen LogP contribution in [0.25, 0.3) is 0 Å². The van der Waals surface area contributed by atoms with Crippen molar-refractivity contribution in [3.63, 3.8) is 0 Å². The Labute approximate surface area is 179 Å². The molecular weight excluding hydrogens is 406 g/mol. The fraction of sp³-hybridized carbons (Fsp3) is 0.0455. The van der Waals surface area contributed by atoms with Crippen LogP contribution < -0.4 is 15.5 Å². The maximum absolute atomic E-state index is 12.2. The summed E-state index contributed by atoms with van der Waals surface area (Å²) in [5.41, 5.74) is 5.74. The van der Waals surface area contributed by atoms with Crippen molar-refractivity contribution in [1.29, 1.82) is 0 Å². The number of nitrogens with one attached hydrogen (secondary N) is 2. The van der Waals surface area contributed by atoms with Crippen LogP contribution in [0.5, 0.6) is 5.75 Å². The molecule has 0 atom stereocenters. The van der Waals surface area contributed by atoms with Crippen molar-refractivity contribution < 1.29 is 9.53 Å². The molecule has 29 heavy (non-hydrogen) atoms. The van der Waals surface area contributed by atoms with Gasteiger partial charge in [0, 0.05) is 10.7 Å². The Hall–Kier alpha value is -3.22. The Morgan fingerprint density at radius 3 is 2.55 bits per heavy atom. The minimum absolute atomic E-state index is 0.340. The second kappa shape index (κ2) is 9.82. The van der Waals surface area contributed by atoms with Gasteiger partial charge in [-0.2, -0.15) is 5.10 Å². The van der Waals surface area contributed by atoms with Crippen molar-refractivity contribution in [1.82, 2.24) is 5.43 Å². The van der Waals surface area contributed by atoms with Crippen molar-refractivity contribution in [2.24, 2.45) is 5.10 Å². The van der Waals surface area contributed by atoms with Crippen LogP contribution in [0.1, 0.15) is 21.5 Å². The molecule has 0 heterocycles. The van der Waals surface area contributed by atoms with Gasteiger partial charge in [0.25, 0.3) is 0 Å². The summed E-state index contributed by atoms with van der Waals surface area (Å²) in [7, 11) is 0. The molecular formula is C22H18ClN3O2S. The SMILES string of the molecule is Cc1ccccc1C(=O)Oc1ccc(C=NNC(=S)Nc2cccc(Cl)c2)cc1. The molecule has 0 saturated heterocycles. The van der Waals surface area contributed by atoms with E-state index in [0.29, 0.717) is 21.4 Å². The highest BCUT2D eigenvalue weighted by molar-refractivity contribution is 7.80. The number of esters is 1. The summed E-state index contributed by atoms with van der Waals surface area (Å²) in [6.07, 6.45) is 1.61. The highest BCUT2D eigenvalue weighted by Gasteiger charge is 2.10. The lowest BCUT2D eigenvalue weighted by atomic mass is 10.1. The maximum Gasteiger partial charge on any atom is 0.343 e. The maximum atomic E-state index is 12.2. The lowest BCUT2D eigenvalue weighted by Gasteiger charge is -2.07. The standard InChI is InChI=1S/C22H18ClN3O2S/c1-15-5-2-3-8-20(15)21(27)28-19-11-9-16(10-12-19)14-24-26-22(29)25-18-7-4-6-17(23)13-18/h2-14H,1H3,(H2,25,26,29). The van der Waals surface area contributed by atoms with Crippen molar-refractivity contribution in [2.75, 3.05) is 5.32 Å². The van der Waals surface area contributed by atoms with E-state index in [4.69, 9.17) is 28.6 Å². The normalized spacial score (nSPS) is 10.6. The van der Waals surface area contributed by atoms with Gasteiger partial charge >= 0.3 is 5.97 Å². The van der Waals surface area contributed by atoms with Gasteiger partial charge in [-0.15, -0.1) is 0 Å². The quantitative estimate of drug-likeness (QED) is 0.194. The Morgan fingerprint density at radius 2 is 1.83 bits per heavy atom. The fourth-order valence-electron chi connectivity index (χ4n) is 2.48. The van der Waals surface area contributed by atoms with Crippen LogP contribution in [0.15, 0.2) is 77.9 Å². The Bertz CT molecular complexity index is 1050. The smallest absolute Gasteiger partial charge is 0.343 e. The van der Waals surface area contributed by atoms with Crippen LogP contribution >= 0.6 is 23.8 Å². The molecule has 3 aromatic carbocycles. The van der Waals surface area contributed by atoms with E-state index < -0.39 is 0 Å². The van der Waals surface area contributed by atoms with Crippen LogP contribution in [0.4, 0.5) is 5.69 Å². The average molecular weight is 424 g/mol. The number of anilines is 1. The highest BCUT2D eigenvalue weighted by atomic mass is 35.5. The summed E-state index contributed by atoms with van der Waals surface area (Å²) in [5.74, 6) is 0.0742. The molecule has 0 bridgehead atoms. The van der Waals surface area contributed by atoms with Crippen molar-refractivity contribution in [3.05, 3.63) is 94.5 Å². The summed E-state index contributed by atoms with van der Waals surface area (Å²) in [6.45, 7) is 1.87. The molecule has 0 aliphatic carbocycles. The van der Waals surface area contributed by atoms with Gasteiger partial charge in [-0.1, -0.05) is 35.9 Å². The first-order valence-corrected chi connectivity index (χ1v) is 9.53. The number of thiocarbonyl (C=S) groups is 1. The molecule has 0 aliphatic heterocycles. The van der Waals surface area contributed by atoms with E-state index in [1.807, 2.05) is 37.3 Å². The second-order valence-electron chi connectivity index (χ2n) is 6.11. The zero-order valence-corrected chi connectivity index (χ0v) is 17.1. The third kappa shape index (κ3) is 6.14. The molecule has 3 rings (SSSR count). The summed E-state index contributed by atoms with van der Waals surface area (Å²) < 4.78 is 5.41. The zero-order valence-electron chi connectivity index (χ0n) is 15.6. The van der Waals surface area contributed by atoms with Crippen LogP contribution in [0.3, 0.4) is 0 Å². The number of hydrogen-bond acceptors (Lipinski definition) is 4. The van der Waals surface area contributed by atoms with Crippen molar-refractivity contribution >= 4 is 46.8 Å². The Morgan fingerprint density at radius 1 is 1.07 bits per heavy atom. The molecule has 0 radical (unpaired) electrons. The fourth-order valence-corrected chi connectivity index (χ4v) is 2.84. The summed E-state index contributed by atoms with van der Waals surface area (Å²) in [5, 5.41) is 8.03. The van der Waals surface area contributed by atoms with Gasteiger partial charge in [0.15, 0.2) is 5.11 Å². The predicted molar refractivity (Wildman–Crippen MR) is 121 cm³/mol. The molecule has 0 fully saturated rings. The van der Waals surface area contributed by atoms with Gasteiger partial charge in [0.05, 0.1) is 11.8 Å². The highest BCUT2D eigenvalue weighted by Crippen LogP contribution is 2.16. The number of nitrogens with zero attached hydrogens (tertiary/aromatic N) is 1. The third-order valence-electron chi connectivity index (χ3n) is 3.92. The molecule has 146 valence electrons. The van der Waals surface area contributed by atoms with Crippen LogP contribution in [0.2, 0.25) is 5.02 Å². The van der Waals surface area contributed by atoms with Crippen molar-refractivity contribution in [2.45, 2.75) is 6.92 Å². The largest absolute Gasteiger partial charge is 0.423 e. The van der Waals surface area contributed by atoms with Crippen molar-refractivity contribution in [3.8, 4) is 5.75 Å². The first-order chi connectivity index (χ1) is 14.0. The number of carbonyl (C=O) groups excluding carboxylic acids is 1. The average Bonchev–Trinajstić information content (AvgIpc) is 2.69. The molecule has 7 heteroatoms. The van der Waals surface area contributed by atoms with Gasteiger partial charge in [0.1, 0.15) is 5.75 Å². The van der Waals surface area contributed by atoms with Gasteiger partial charge in [-0.05, 0) is 78.8 Å². The number of hydrogen-bond donors (Lipinski definition) is 2. The minimum atomic E-state index is -0.386. The molecule has 5 nitrogen and oxygen atoms in total. The van der Waals surface area contributed by atoms with E-state index >= 15 is 0 Å². The van der Waals surface area contributed by atoms with E-state index in [1.54, 1.807) is 48.7 Å². The van der Waals surface area contributed by atoms with E-state index in [-0.39, 0.29) is 5.97 Å². The molecule has 0 aliphatic rings. The Balaban J connectivity index is 1.53. The molecule has 0 unspecified atom stereocenters. The monoisotopic (exact) mass is 423 g/mol. The molecule has 0 saturated carbocycles. The molecule has 0 aromatic heterocycles. The van der Waals surface area contributed by atoms with Gasteiger partial charge in [-0.3, -0.25) is 5.43 Å². The zero-order chi connectivity index (χ0) is 20.6. The van der Waals surface area contributed by atoms with E-state index in [1.165, 1.54) is 0 Å². The summed E-state index contributed by atoms with van der Waals surface area (Å²) in [4.78, 5) is 12.2.